The SMILES string of the molecule is C[Si](C)(C)CCOCn1cc(Br)c2c(Oc3c(F)cc(NC(=S)Oc4ccccc4)cc3F)ccnc21. The molecule has 0 atom stereocenters. The molecule has 37 heavy (non-hydrogen) atoms. The topological polar surface area (TPSA) is 57.5 Å². The van der Waals surface area contributed by atoms with Gasteiger partial charge in [0, 0.05) is 49.4 Å². The Morgan fingerprint density at radius 1 is 1.11 bits per heavy atom. The molecule has 0 radical (unpaired) electrons. The van der Waals surface area contributed by atoms with Crippen LogP contribution in [0.15, 0.2) is 65.4 Å². The third-order valence-corrected chi connectivity index (χ3v) is 7.80. The number of ether oxygens (including phenoxy) is 3. The highest BCUT2D eigenvalue weighted by Crippen LogP contribution is 2.37. The summed E-state index contributed by atoms with van der Waals surface area (Å²) >= 11 is 8.65. The standard InChI is InChI=1S/C26H26BrF2N3O3SSi/c1-37(2,3)12-11-33-16-32-15-19(27)23-22(9-10-30-25(23)32)35-24-20(28)13-17(14-21(24)29)31-26(36)34-18-7-5-4-6-8-18/h4-10,13-15H,11-12,16H2,1-3H3,(H,31,36). The number of para-hydroxylation sites is 1. The monoisotopic (exact) mass is 605 g/mol. The molecule has 194 valence electrons. The Bertz CT molecular complexity index is 1390. The molecule has 0 amide bonds. The van der Waals surface area contributed by atoms with Crippen molar-refractivity contribution in [1.29, 1.82) is 0 Å². The van der Waals surface area contributed by atoms with Gasteiger partial charge in [-0.15, -0.1) is 0 Å². The first kappa shape index (κ1) is 27.2. The molecule has 0 saturated heterocycles. The first-order valence-electron chi connectivity index (χ1n) is 11.5. The molecule has 2 heterocycles. The number of fused-ring (bicyclic) bond motifs is 1. The second kappa shape index (κ2) is 11.7. The van der Waals surface area contributed by atoms with E-state index in [2.05, 4.69) is 45.9 Å². The lowest BCUT2D eigenvalue weighted by Crippen LogP contribution is -2.22. The zero-order valence-corrected chi connectivity index (χ0v) is 24.0. The smallest absolute Gasteiger partial charge is 0.266 e. The highest BCUT2D eigenvalue weighted by atomic mass is 79.9. The quantitative estimate of drug-likeness (QED) is 0.119. The number of hydrogen-bond acceptors (Lipinski definition) is 5. The summed E-state index contributed by atoms with van der Waals surface area (Å²) in [4.78, 5) is 4.41. The van der Waals surface area contributed by atoms with E-state index in [0.29, 0.717) is 34.6 Å². The van der Waals surface area contributed by atoms with Gasteiger partial charge in [-0.1, -0.05) is 37.8 Å². The van der Waals surface area contributed by atoms with E-state index in [4.69, 9.17) is 26.4 Å². The number of anilines is 1. The lowest BCUT2D eigenvalue weighted by Gasteiger charge is -2.15. The maximum atomic E-state index is 14.9. The van der Waals surface area contributed by atoms with E-state index in [9.17, 15) is 8.78 Å². The van der Waals surface area contributed by atoms with Gasteiger partial charge in [0.2, 0.25) is 0 Å². The second-order valence-corrected chi connectivity index (χ2v) is 16.3. The summed E-state index contributed by atoms with van der Waals surface area (Å²) in [6, 6.07) is 13.6. The van der Waals surface area contributed by atoms with E-state index in [0.717, 1.165) is 18.2 Å². The van der Waals surface area contributed by atoms with E-state index in [1.54, 1.807) is 30.3 Å². The van der Waals surface area contributed by atoms with Gasteiger partial charge in [0.15, 0.2) is 17.4 Å². The number of nitrogens with one attached hydrogen (secondary N) is 1. The van der Waals surface area contributed by atoms with Crippen LogP contribution < -0.4 is 14.8 Å². The Kier molecular flexibility index (Phi) is 8.58. The Morgan fingerprint density at radius 2 is 1.81 bits per heavy atom. The van der Waals surface area contributed by atoms with Gasteiger partial charge in [0.25, 0.3) is 5.17 Å². The lowest BCUT2D eigenvalue weighted by molar-refractivity contribution is 0.0898. The molecule has 4 rings (SSSR count). The molecule has 0 bridgehead atoms. The van der Waals surface area contributed by atoms with Crippen molar-refractivity contribution in [2.75, 3.05) is 11.9 Å². The fraction of sp³-hybridized carbons (Fsp3) is 0.231. The van der Waals surface area contributed by atoms with Crippen molar-refractivity contribution in [2.24, 2.45) is 0 Å². The third kappa shape index (κ3) is 7.13. The van der Waals surface area contributed by atoms with E-state index >= 15 is 0 Å². The maximum absolute atomic E-state index is 14.9. The van der Waals surface area contributed by atoms with Crippen molar-refractivity contribution in [2.45, 2.75) is 32.4 Å². The van der Waals surface area contributed by atoms with Crippen molar-refractivity contribution >= 4 is 58.1 Å². The highest BCUT2D eigenvalue weighted by Gasteiger charge is 2.19. The molecule has 0 fully saturated rings. The Labute approximate surface area is 228 Å². The predicted octanol–water partition coefficient (Wildman–Crippen LogP) is 7.96. The number of rotatable bonds is 9. The summed E-state index contributed by atoms with van der Waals surface area (Å²) in [5, 5.41) is 3.21. The van der Waals surface area contributed by atoms with Crippen LogP contribution in [0.3, 0.4) is 0 Å². The maximum Gasteiger partial charge on any atom is 0.266 e. The number of benzene rings is 2. The molecular formula is C26H26BrF2N3O3SSi. The fourth-order valence-corrected chi connectivity index (χ4v) is 5.03. The summed E-state index contributed by atoms with van der Waals surface area (Å²) in [5.41, 5.74) is 0.658. The van der Waals surface area contributed by atoms with E-state index < -0.39 is 25.5 Å². The van der Waals surface area contributed by atoms with Crippen LogP contribution in [0.4, 0.5) is 14.5 Å². The van der Waals surface area contributed by atoms with Gasteiger partial charge in [-0.2, -0.15) is 0 Å². The molecule has 0 saturated carbocycles. The number of hydrogen-bond donors (Lipinski definition) is 1. The van der Waals surface area contributed by atoms with E-state index in [1.807, 2.05) is 16.8 Å². The zero-order valence-electron chi connectivity index (χ0n) is 20.6. The molecule has 0 aliphatic carbocycles. The predicted molar refractivity (Wildman–Crippen MR) is 151 cm³/mol. The summed E-state index contributed by atoms with van der Waals surface area (Å²) in [6.45, 7) is 7.82. The van der Waals surface area contributed by atoms with E-state index in [-0.39, 0.29) is 16.6 Å². The number of pyridine rings is 1. The lowest BCUT2D eigenvalue weighted by atomic mass is 10.2. The molecule has 1 N–H and O–H groups in total. The number of thiocarbonyl (C=S) groups is 1. The van der Waals surface area contributed by atoms with E-state index in [1.165, 1.54) is 6.20 Å². The second-order valence-electron chi connectivity index (χ2n) is 9.50. The number of nitrogens with zero attached hydrogens (tertiary/aromatic N) is 2. The van der Waals surface area contributed by atoms with Crippen LogP contribution in [0.25, 0.3) is 11.0 Å². The largest absolute Gasteiger partial charge is 0.450 e. The molecular weight excluding hydrogens is 580 g/mol. The Hall–Kier alpha value is -2.86. The molecule has 11 heteroatoms. The van der Waals surface area contributed by atoms with Crippen molar-refractivity contribution in [3.8, 4) is 17.2 Å². The molecule has 4 aromatic rings. The Balaban J connectivity index is 1.50. The van der Waals surface area contributed by atoms with Crippen LogP contribution in [0.2, 0.25) is 25.7 Å². The van der Waals surface area contributed by atoms with Crippen LogP contribution in [-0.2, 0) is 11.5 Å². The average molecular weight is 607 g/mol. The van der Waals surface area contributed by atoms with Crippen molar-refractivity contribution in [1.82, 2.24) is 9.55 Å². The van der Waals surface area contributed by atoms with Crippen LogP contribution in [-0.4, -0.2) is 29.4 Å². The first-order chi connectivity index (χ1) is 17.6. The first-order valence-corrected chi connectivity index (χ1v) is 16.4. The van der Waals surface area contributed by atoms with Crippen molar-refractivity contribution in [3.63, 3.8) is 0 Å². The highest BCUT2D eigenvalue weighted by molar-refractivity contribution is 9.10. The molecule has 2 aromatic heterocycles. The summed E-state index contributed by atoms with van der Waals surface area (Å²) in [7, 11) is -1.21. The molecule has 2 aromatic carbocycles. The van der Waals surface area contributed by atoms with Gasteiger partial charge < -0.3 is 24.1 Å². The van der Waals surface area contributed by atoms with Gasteiger partial charge in [-0.3, -0.25) is 0 Å². The number of aromatic nitrogens is 2. The summed E-state index contributed by atoms with van der Waals surface area (Å²) in [6.07, 6.45) is 3.33. The van der Waals surface area contributed by atoms with Gasteiger partial charge in [-0.05, 0) is 52.4 Å². The third-order valence-electron chi connectivity index (χ3n) is 5.31. The Morgan fingerprint density at radius 3 is 2.49 bits per heavy atom. The van der Waals surface area contributed by atoms with Crippen LogP contribution in [0.1, 0.15) is 0 Å². The van der Waals surface area contributed by atoms with Crippen LogP contribution in [0, 0.1) is 11.6 Å². The summed E-state index contributed by atoms with van der Waals surface area (Å²) in [5.74, 6) is -1.60. The van der Waals surface area contributed by atoms with Gasteiger partial charge in [-0.25, -0.2) is 13.8 Å². The van der Waals surface area contributed by atoms with Crippen molar-refractivity contribution in [3.05, 3.63) is 77.0 Å². The van der Waals surface area contributed by atoms with Crippen LogP contribution in [0.5, 0.6) is 17.2 Å². The molecule has 0 aliphatic rings. The number of halogens is 3. The molecule has 0 spiro atoms. The minimum atomic E-state index is -1.21. The normalized spacial score (nSPS) is 11.5. The summed E-state index contributed by atoms with van der Waals surface area (Å²) < 4.78 is 49.4. The van der Waals surface area contributed by atoms with Crippen molar-refractivity contribution < 1.29 is 23.0 Å². The minimum Gasteiger partial charge on any atom is -0.450 e. The van der Waals surface area contributed by atoms with Gasteiger partial charge >= 0.3 is 0 Å². The minimum absolute atomic E-state index is 0.0492. The molecule has 6 nitrogen and oxygen atoms in total. The molecule has 0 aliphatic heterocycles. The zero-order chi connectivity index (χ0) is 26.6. The van der Waals surface area contributed by atoms with Crippen LogP contribution >= 0.6 is 28.1 Å². The fourth-order valence-electron chi connectivity index (χ4n) is 3.44. The van der Waals surface area contributed by atoms with Gasteiger partial charge in [0.1, 0.15) is 23.9 Å². The molecule has 0 unspecified atom stereocenters. The van der Waals surface area contributed by atoms with Gasteiger partial charge in [0.05, 0.1) is 5.39 Å². The average Bonchev–Trinajstić information content (AvgIpc) is 3.15.